The Balaban J connectivity index is 1.51. The monoisotopic (exact) mass is 458 g/mol. The molecular formula is C27H26N2O5. The van der Waals surface area contributed by atoms with Crippen LogP contribution >= 0.6 is 0 Å². The highest BCUT2D eigenvalue weighted by atomic mass is 16.7. The molecule has 34 heavy (non-hydrogen) atoms. The van der Waals surface area contributed by atoms with Gasteiger partial charge in [-0.1, -0.05) is 37.3 Å². The number of carbonyl (C=O) groups excluding carboxylic acids is 2. The highest BCUT2D eigenvalue weighted by Crippen LogP contribution is 2.48. The summed E-state index contributed by atoms with van der Waals surface area (Å²) in [7, 11) is 1.60. The lowest BCUT2D eigenvalue weighted by Crippen LogP contribution is -2.37. The lowest BCUT2D eigenvalue weighted by atomic mass is 9.90. The molecule has 174 valence electrons. The van der Waals surface area contributed by atoms with Gasteiger partial charge in [-0.15, -0.1) is 0 Å². The molecule has 5 rings (SSSR count). The molecule has 3 aromatic rings. The quantitative estimate of drug-likeness (QED) is 0.485. The second-order valence-corrected chi connectivity index (χ2v) is 8.29. The Morgan fingerprint density at radius 3 is 2.32 bits per heavy atom. The number of hydrogen-bond donors (Lipinski definition) is 0. The van der Waals surface area contributed by atoms with E-state index in [1.54, 1.807) is 36.4 Å². The molecule has 0 spiro atoms. The molecule has 2 aliphatic rings. The van der Waals surface area contributed by atoms with Crippen molar-refractivity contribution >= 4 is 23.2 Å². The first-order valence-electron chi connectivity index (χ1n) is 11.4. The van der Waals surface area contributed by atoms with E-state index in [4.69, 9.17) is 14.3 Å². The summed E-state index contributed by atoms with van der Waals surface area (Å²) < 4.78 is 11.0. The first kappa shape index (κ1) is 22.0. The van der Waals surface area contributed by atoms with Crippen LogP contribution in [0.4, 0.5) is 11.4 Å². The largest absolute Gasteiger partial charge is 0.497 e. The van der Waals surface area contributed by atoms with Crippen molar-refractivity contribution in [2.45, 2.75) is 25.5 Å². The third-order valence-electron chi connectivity index (χ3n) is 6.13. The maximum absolute atomic E-state index is 13.7. The van der Waals surface area contributed by atoms with Crippen molar-refractivity contribution in [3.63, 3.8) is 0 Å². The third kappa shape index (κ3) is 3.78. The lowest BCUT2D eigenvalue weighted by Gasteiger charge is -2.29. The molecule has 2 amide bonds. The van der Waals surface area contributed by atoms with E-state index in [0.717, 1.165) is 17.7 Å². The van der Waals surface area contributed by atoms with Crippen molar-refractivity contribution in [2.75, 3.05) is 23.7 Å². The fourth-order valence-corrected chi connectivity index (χ4v) is 4.54. The predicted molar refractivity (Wildman–Crippen MR) is 128 cm³/mol. The smallest absolute Gasteiger partial charge is 0.266 e. The van der Waals surface area contributed by atoms with Crippen LogP contribution in [0.15, 0.2) is 78.9 Å². The summed E-state index contributed by atoms with van der Waals surface area (Å²) in [4.78, 5) is 34.5. The molecule has 2 fully saturated rings. The normalized spacial score (nSPS) is 21.6. The number of imide groups is 1. The van der Waals surface area contributed by atoms with Crippen molar-refractivity contribution in [1.29, 1.82) is 0 Å². The second-order valence-electron chi connectivity index (χ2n) is 8.29. The zero-order valence-electron chi connectivity index (χ0n) is 19.1. The number of methoxy groups -OCH3 is 1. The van der Waals surface area contributed by atoms with Gasteiger partial charge in [-0.25, -0.2) is 9.96 Å². The molecule has 0 N–H and O–H groups in total. The number of hydroxylamine groups is 1. The molecule has 0 bridgehead atoms. The number of ether oxygens (including phenoxy) is 2. The van der Waals surface area contributed by atoms with Gasteiger partial charge in [0.05, 0.1) is 31.1 Å². The Morgan fingerprint density at radius 2 is 1.62 bits per heavy atom. The second kappa shape index (κ2) is 9.19. The average molecular weight is 459 g/mol. The summed E-state index contributed by atoms with van der Waals surface area (Å²) >= 11 is 0. The molecule has 0 aromatic heterocycles. The molecular weight excluding hydrogens is 432 g/mol. The van der Waals surface area contributed by atoms with Gasteiger partial charge in [0.25, 0.3) is 5.91 Å². The highest BCUT2D eigenvalue weighted by Gasteiger charge is 2.60. The fourth-order valence-electron chi connectivity index (χ4n) is 4.54. The molecule has 2 aliphatic heterocycles. The molecule has 0 unspecified atom stereocenters. The van der Waals surface area contributed by atoms with Crippen LogP contribution in [0.5, 0.6) is 11.5 Å². The zero-order chi connectivity index (χ0) is 23.7. The number of carbonyl (C=O) groups is 2. The van der Waals surface area contributed by atoms with Crippen molar-refractivity contribution < 1.29 is 23.9 Å². The molecule has 3 atom stereocenters. The van der Waals surface area contributed by atoms with Gasteiger partial charge in [0.2, 0.25) is 5.91 Å². The van der Waals surface area contributed by atoms with E-state index >= 15 is 0 Å². The minimum atomic E-state index is -0.917. The van der Waals surface area contributed by atoms with Crippen LogP contribution in [0, 0.1) is 5.92 Å². The first-order valence-corrected chi connectivity index (χ1v) is 11.4. The van der Waals surface area contributed by atoms with Crippen molar-refractivity contribution in [1.82, 2.24) is 0 Å². The van der Waals surface area contributed by atoms with Crippen LogP contribution in [0.3, 0.4) is 0 Å². The number of hydrogen-bond acceptors (Lipinski definition) is 6. The molecule has 2 heterocycles. The Morgan fingerprint density at radius 1 is 0.853 bits per heavy atom. The number of anilines is 2. The van der Waals surface area contributed by atoms with Crippen LogP contribution in [0.25, 0.3) is 0 Å². The van der Waals surface area contributed by atoms with Gasteiger partial charge in [0.15, 0.2) is 6.10 Å². The minimum Gasteiger partial charge on any atom is -0.497 e. The number of para-hydroxylation sites is 1. The fraction of sp³-hybridized carbons (Fsp3) is 0.259. The van der Waals surface area contributed by atoms with Gasteiger partial charge in [-0.2, -0.15) is 0 Å². The number of amides is 2. The van der Waals surface area contributed by atoms with E-state index in [2.05, 4.69) is 0 Å². The number of nitrogens with zero attached hydrogens (tertiary/aromatic N) is 2. The summed E-state index contributed by atoms with van der Waals surface area (Å²) in [6, 6.07) is 23.6. The van der Waals surface area contributed by atoms with E-state index < -0.39 is 18.1 Å². The van der Waals surface area contributed by atoms with E-state index in [9.17, 15) is 9.59 Å². The first-order chi connectivity index (χ1) is 16.6. The van der Waals surface area contributed by atoms with Gasteiger partial charge in [-0.05, 0) is 60.5 Å². The van der Waals surface area contributed by atoms with E-state index in [-0.39, 0.29) is 11.8 Å². The summed E-state index contributed by atoms with van der Waals surface area (Å²) in [6.07, 6.45) is -0.0188. The van der Waals surface area contributed by atoms with E-state index in [1.807, 2.05) is 61.5 Å². The minimum absolute atomic E-state index is 0.288. The predicted octanol–water partition coefficient (Wildman–Crippen LogP) is 4.54. The van der Waals surface area contributed by atoms with Crippen LogP contribution in [0.1, 0.15) is 24.9 Å². The molecule has 3 aromatic carbocycles. The van der Waals surface area contributed by atoms with Crippen molar-refractivity contribution in [2.24, 2.45) is 5.92 Å². The summed E-state index contributed by atoms with van der Waals surface area (Å²) in [5, 5.41) is 1.68. The van der Waals surface area contributed by atoms with Crippen molar-refractivity contribution in [3.05, 3.63) is 84.4 Å². The maximum atomic E-state index is 13.7. The number of rotatable bonds is 7. The van der Waals surface area contributed by atoms with Gasteiger partial charge >= 0.3 is 0 Å². The lowest BCUT2D eigenvalue weighted by molar-refractivity contribution is -0.126. The Labute approximate surface area is 198 Å². The van der Waals surface area contributed by atoms with Gasteiger partial charge in [0.1, 0.15) is 17.4 Å². The van der Waals surface area contributed by atoms with Gasteiger partial charge in [0, 0.05) is 0 Å². The maximum Gasteiger partial charge on any atom is 0.266 e. The van der Waals surface area contributed by atoms with Gasteiger partial charge < -0.3 is 9.47 Å². The van der Waals surface area contributed by atoms with Crippen LogP contribution in [-0.4, -0.2) is 31.6 Å². The highest BCUT2D eigenvalue weighted by molar-refractivity contribution is 6.23. The third-order valence-corrected chi connectivity index (χ3v) is 6.13. The summed E-state index contributed by atoms with van der Waals surface area (Å²) in [5.74, 6) is 0.0127. The Hall–Kier alpha value is -3.84. The number of benzene rings is 3. The average Bonchev–Trinajstić information content (AvgIpc) is 3.39. The molecule has 0 aliphatic carbocycles. The standard InChI is InChI=1S/C27H26N2O5/c1-3-16-33-21-14-12-19(13-15-21)28-26(30)23-24(18-8-7-11-22(17-18)32-2)29(34-25(23)27(28)31)20-9-5-4-6-10-20/h4-15,17,23-25H,3,16H2,1-2H3/t23-,24-,25-/m1/s1. The molecule has 0 radical (unpaired) electrons. The number of fused-ring (bicyclic) bond motifs is 1. The molecule has 2 saturated heterocycles. The van der Waals surface area contributed by atoms with E-state index in [0.29, 0.717) is 23.8 Å². The summed E-state index contributed by atoms with van der Waals surface area (Å²) in [5.41, 5.74) is 2.11. The van der Waals surface area contributed by atoms with Crippen LogP contribution < -0.4 is 19.4 Å². The van der Waals surface area contributed by atoms with Crippen molar-refractivity contribution in [3.8, 4) is 11.5 Å². The summed E-state index contributed by atoms with van der Waals surface area (Å²) in [6.45, 7) is 2.64. The Bertz CT molecular complexity index is 1180. The molecule has 0 saturated carbocycles. The van der Waals surface area contributed by atoms with Crippen LogP contribution in [0.2, 0.25) is 0 Å². The molecule has 7 heteroatoms. The zero-order valence-corrected chi connectivity index (χ0v) is 19.1. The van der Waals surface area contributed by atoms with Gasteiger partial charge in [-0.3, -0.25) is 14.4 Å². The topological polar surface area (TPSA) is 68.3 Å². The van der Waals surface area contributed by atoms with Crippen LogP contribution in [-0.2, 0) is 14.4 Å². The SMILES string of the molecule is CCCOc1ccc(N2C(=O)[C@@H]3[C@@H](c4cccc(OC)c4)N(c4ccccc4)O[C@H]3C2=O)cc1. The Kier molecular flexibility index (Phi) is 5.94. The van der Waals surface area contributed by atoms with E-state index in [1.165, 1.54) is 4.90 Å². The molecule has 7 nitrogen and oxygen atoms in total.